The predicted octanol–water partition coefficient (Wildman–Crippen LogP) is 3.60. The molecule has 0 aromatic heterocycles. The van der Waals surface area contributed by atoms with Crippen molar-refractivity contribution in [2.75, 3.05) is 26.2 Å². The Morgan fingerprint density at radius 3 is 2.70 bits per heavy atom. The summed E-state index contributed by atoms with van der Waals surface area (Å²) in [5.74, 6) is 0.215. The molecule has 2 aromatic rings. The van der Waals surface area contributed by atoms with E-state index in [1.54, 1.807) is 18.2 Å². The van der Waals surface area contributed by atoms with Crippen LogP contribution >= 0.6 is 0 Å². The summed E-state index contributed by atoms with van der Waals surface area (Å²) in [6, 6.07) is 17.5. The summed E-state index contributed by atoms with van der Waals surface area (Å²) < 4.78 is 5.81. The highest BCUT2D eigenvalue weighted by molar-refractivity contribution is 5.74. The van der Waals surface area contributed by atoms with Gasteiger partial charge in [-0.15, -0.1) is 0 Å². The largest absolute Gasteiger partial charge is 0.508 e. The molecular weight excluding hydrogens is 340 g/mol. The normalized spacial score (nSPS) is 21.3. The second-order valence-electron chi connectivity index (χ2n) is 7.56. The fraction of sp³-hybridized carbons (Fsp3) is 0.409. The Bertz CT molecular complexity index is 789. The Balaban J connectivity index is 1.38. The smallest absolute Gasteiger partial charge is 0.317 e. The van der Waals surface area contributed by atoms with E-state index in [4.69, 9.17) is 4.74 Å². The quantitative estimate of drug-likeness (QED) is 0.869. The fourth-order valence-corrected chi connectivity index (χ4v) is 4.08. The highest BCUT2D eigenvalue weighted by Crippen LogP contribution is 2.43. The topological polar surface area (TPSA) is 61.8 Å². The summed E-state index contributed by atoms with van der Waals surface area (Å²) in [5, 5.41) is 12.8. The van der Waals surface area contributed by atoms with Crippen molar-refractivity contribution in [2.45, 2.75) is 30.8 Å². The lowest BCUT2D eigenvalue weighted by molar-refractivity contribution is -0.0158. The van der Waals surface area contributed by atoms with Crippen LogP contribution in [0.15, 0.2) is 54.6 Å². The number of ether oxygens (including phenoxy) is 1. The highest BCUT2D eigenvalue weighted by Gasteiger charge is 2.39. The number of benzene rings is 2. The number of hydrogen-bond acceptors (Lipinski definition) is 3. The Kier molecular flexibility index (Phi) is 5.03. The molecule has 1 saturated carbocycles. The number of carbonyl (C=O) groups excluding carboxylic acids is 1. The number of rotatable bonds is 4. The zero-order valence-electron chi connectivity index (χ0n) is 15.4. The van der Waals surface area contributed by atoms with E-state index in [1.165, 1.54) is 12.0 Å². The molecule has 1 unspecified atom stereocenters. The summed E-state index contributed by atoms with van der Waals surface area (Å²) in [6.45, 7) is 2.24. The SMILES string of the molecule is O=C(NCC1(c2ccccc2)CCC1)N1CCOC(c2cccc(O)c2)C1. The van der Waals surface area contributed by atoms with Crippen molar-refractivity contribution in [1.82, 2.24) is 10.2 Å². The highest BCUT2D eigenvalue weighted by atomic mass is 16.5. The van der Waals surface area contributed by atoms with Gasteiger partial charge in [0.15, 0.2) is 0 Å². The molecule has 0 spiro atoms. The van der Waals surface area contributed by atoms with Gasteiger partial charge in [-0.3, -0.25) is 0 Å². The van der Waals surface area contributed by atoms with Crippen molar-refractivity contribution < 1.29 is 14.6 Å². The summed E-state index contributed by atoms with van der Waals surface area (Å²) >= 11 is 0. The van der Waals surface area contributed by atoms with E-state index in [1.807, 2.05) is 17.0 Å². The molecule has 1 aliphatic carbocycles. The predicted molar refractivity (Wildman–Crippen MR) is 104 cm³/mol. The van der Waals surface area contributed by atoms with Crippen molar-refractivity contribution in [2.24, 2.45) is 0 Å². The first-order chi connectivity index (χ1) is 13.2. The Labute approximate surface area is 160 Å². The third-order valence-corrected chi connectivity index (χ3v) is 5.87. The first-order valence-corrected chi connectivity index (χ1v) is 9.65. The molecule has 1 atom stereocenters. The van der Waals surface area contributed by atoms with Crippen LogP contribution in [0.25, 0.3) is 0 Å². The number of nitrogens with one attached hydrogen (secondary N) is 1. The average molecular weight is 366 g/mol. The molecule has 142 valence electrons. The zero-order chi connectivity index (χ0) is 18.7. The van der Waals surface area contributed by atoms with Crippen molar-refractivity contribution >= 4 is 6.03 Å². The Morgan fingerprint density at radius 1 is 1.19 bits per heavy atom. The first kappa shape index (κ1) is 17.9. The van der Waals surface area contributed by atoms with Gasteiger partial charge in [-0.05, 0) is 36.1 Å². The standard InChI is InChI=1S/C22H26N2O3/c25-19-9-4-6-17(14-19)20-15-24(12-13-27-20)21(26)23-16-22(10-5-11-22)18-7-2-1-3-8-18/h1-4,6-9,14,20,25H,5,10-13,15-16H2,(H,23,26). The number of phenols is 1. The lowest BCUT2D eigenvalue weighted by Crippen LogP contribution is -2.52. The molecule has 4 rings (SSSR count). The van der Waals surface area contributed by atoms with Gasteiger partial charge >= 0.3 is 6.03 Å². The van der Waals surface area contributed by atoms with E-state index in [0.717, 1.165) is 18.4 Å². The van der Waals surface area contributed by atoms with Gasteiger partial charge in [0.05, 0.1) is 13.2 Å². The molecule has 5 heteroatoms. The maximum atomic E-state index is 12.8. The molecule has 2 fully saturated rings. The van der Waals surface area contributed by atoms with E-state index >= 15 is 0 Å². The van der Waals surface area contributed by atoms with Crippen LogP contribution in [0.4, 0.5) is 4.79 Å². The minimum atomic E-state index is -0.205. The summed E-state index contributed by atoms with van der Waals surface area (Å²) in [4.78, 5) is 14.6. The third-order valence-electron chi connectivity index (χ3n) is 5.87. The number of aromatic hydroxyl groups is 1. The molecule has 5 nitrogen and oxygen atoms in total. The van der Waals surface area contributed by atoms with Gasteiger partial charge in [0.2, 0.25) is 0 Å². The number of carbonyl (C=O) groups is 1. The lowest BCUT2D eigenvalue weighted by Gasteiger charge is -2.43. The van der Waals surface area contributed by atoms with Crippen LogP contribution in [0.2, 0.25) is 0 Å². The molecule has 2 N–H and O–H groups in total. The molecule has 1 saturated heterocycles. The van der Waals surface area contributed by atoms with Crippen LogP contribution in [0.5, 0.6) is 5.75 Å². The van der Waals surface area contributed by atoms with Gasteiger partial charge in [-0.2, -0.15) is 0 Å². The van der Waals surface area contributed by atoms with Gasteiger partial charge in [0.25, 0.3) is 0 Å². The average Bonchev–Trinajstić information content (AvgIpc) is 2.68. The summed E-state index contributed by atoms with van der Waals surface area (Å²) in [7, 11) is 0. The van der Waals surface area contributed by atoms with Crippen LogP contribution in [-0.2, 0) is 10.2 Å². The van der Waals surface area contributed by atoms with E-state index in [-0.39, 0.29) is 23.3 Å². The first-order valence-electron chi connectivity index (χ1n) is 9.65. The fourth-order valence-electron chi connectivity index (χ4n) is 4.08. The Hall–Kier alpha value is -2.53. The molecule has 2 amide bonds. The van der Waals surface area contributed by atoms with E-state index in [9.17, 15) is 9.90 Å². The molecule has 2 aliphatic rings. The summed E-state index contributed by atoms with van der Waals surface area (Å²) in [6.07, 6.45) is 3.24. The molecule has 27 heavy (non-hydrogen) atoms. The van der Waals surface area contributed by atoms with Gasteiger partial charge in [-0.1, -0.05) is 48.9 Å². The summed E-state index contributed by atoms with van der Waals surface area (Å²) in [5.41, 5.74) is 2.29. The van der Waals surface area contributed by atoms with Crippen LogP contribution in [0.3, 0.4) is 0 Å². The molecule has 1 aliphatic heterocycles. The van der Waals surface area contributed by atoms with Crippen molar-refractivity contribution in [3.8, 4) is 5.75 Å². The van der Waals surface area contributed by atoms with Crippen LogP contribution in [0.1, 0.15) is 36.5 Å². The molecule has 2 aromatic carbocycles. The number of morpholine rings is 1. The van der Waals surface area contributed by atoms with Gasteiger partial charge in [0, 0.05) is 18.5 Å². The van der Waals surface area contributed by atoms with Crippen molar-refractivity contribution in [3.63, 3.8) is 0 Å². The second kappa shape index (κ2) is 7.61. The van der Waals surface area contributed by atoms with Crippen LogP contribution in [0, 0.1) is 0 Å². The van der Waals surface area contributed by atoms with Crippen LogP contribution < -0.4 is 5.32 Å². The van der Waals surface area contributed by atoms with Gasteiger partial charge in [-0.25, -0.2) is 4.79 Å². The van der Waals surface area contributed by atoms with Gasteiger partial charge in [0.1, 0.15) is 11.9 Å². The van der Waals surface area contributed by atoms with E-state index in [0.29, 0.717) is 26.2 Å². The van der Waals surface area contributed by atoms with Crippen molar-refractivity contribution in [1.29, 1.82) is 0 Å². The number of hydrogen-bond donors (Lipinski definition) is 2. The Morgan fingerprint density at radius 2 is 2.00 bits per heavy atom. The zero-order valence-corrected chi connectivity index (χ0v) is 15.4. The van der Waals surface area contributed by atoms with Gasteiger partial charge < -0.3 is 20.1 Å². The molecular formula is C22H26N2O3. The van der Waals surface area contributed by atoms with E-state index < -0.39 is 0 Å². The molecule has 0 bridgehead atoms. The minimum Gasteiger partial charge on any atom is -0.508 e. The number of urea groups is 1. The lowest BCUT2D eigenvalue weighted by atomic mass is 9.64. The maximum absolute atomic E-state index is 12.8. The molecule has 0 radical (unpaired) electrons. The van der Waals surface area contributed by atoms with Crippen molar-refractivity contribution in [3.05, 3.63) is 65.7 Å². The number of nitrogens with zero attached hydrogens (tertiary/aromatic N) is 1. The monoisotopic (exact) mass is 366 g/mol. The molecule has 1 heterocycles. The maximum Gasteiger partial charge on any atom is 0.317 e. The van der Waals surface area contributed by atoms with E-state index in [2.05, 4.69) is 29.6 Å². The number of phenolic OH excluding ortho intramolecular Hbond substituents is 1. The number of amides is 2. The third kappa shape index (κ3) is 3.78. The van der Waals surface area contributed by atoms with Crippen LogP contribution in [-0.4, -0.2) is 42.3 Å². The minimum absolute atomic E-state index is 0.0364. The second-order valence-corrected chi connectivity index (χ2v) is 7.56.